The van der Waals surface area contributed by atoms with Gasteiger partial charge in [0.1, 0.15) is 6.42 Å². The second kappa shape index (κ2) is 22.1. The molecule has 0 aromatic heterocycles. The van der Waals surface area contributed by atoms with Crippen LogP contribution < -0.4 is 0 Å². The van der Waals surface area contributed by atoms with Crippen molar-refractivity contribution >= 4 is 23.7 Å². The Bertz CT molecular complexity index is 484. The van der Waals surface area contributed by atoms with Crippen LogP contribution in [0.25, 0.3) is 0 Å². The number of rotatable bonds is 18. The van der Waals surface area contributed by atoms with Crippen LogP contribution in [0.1, 0.15) is 103 Å². The Hall–Kier alpha value is -2.18. The largest absolute Gasteiger partial charge is 0.481 e. The van der Waals surface area contributed by atoms with Gasteiger partial charge >= 0.3 is 17.9 Å². The SMILES string of the molecule is CCCCCCCCC=CCCCCCCCC(=O)O.O=C(O)CC(=O)C(=O)O. The summed E-state index contributed by atoms with van der Waals surface area (Å²) in [5.74, 6) is -5.11. The first-order chi connectivity index (χ1) is 13.8. The summed E-state index contributed by atoms with van der Waals surface area (Å²) in [6.07, 6.45) is 20.3. The first-order valence-electron chi connectivity index (χ1n) is 10.7. The zero-order chi connectivity index (χ0) is 22.3. The fourth-order valence-electron chi connectivity index (χ4n) is 2.56. The monoisotopic (exact) mass is 414 g/mol. The van der Waals surface area contributed by atoms with Gasteiger partial charge in [-0.25, -0.2) is 4.79 Å². The molecule has 0 saturated heterocycles. The van der Waals surface area contributed by atoms with Crippen LogP contribution in [0, 0.1) is 0 Å². The molecule has 0 atom stereocenters. The van der Waals surface area contributed by atoms with Gasteiger partial charge in [-0.05, 0) is 32.1 Å². The fourth-order valence-corrected chi connectivity index (χ4v) is 2.56. The fraction of sp³-hybridized carbons (Fsp3) is 0.727. The number of carbonyl (C=O) groups excluding carboxylic acids is 1. The minimum atomic E-state index is -1.71. The van der Waals surface area contributed by atoms with Gasteiger partial charge in [0.25, 0.3) is 5.78 Å². The molecule has 29 heavy (non-hydrogen) atoms. The summed E-state index contributed by atoms with van der Waals surface area (Å²) in [4.78, 5) is 39.5. The van der Waals surface area contributed by atoms with Crippen molar-refractivity contribution in [2.45, 2.75) is 103 Å². The molecule has 7 heteroatoms. The molecule has 0 radical (unpaired) electrons. The third-order valence-corrected chi connectivity index (χ3v) is 4.20. The van der Waals surface area contributed by atoms with Gasteiger partial charge in [0.15, 0.2) is 0 Å². The van der Waals surface area contributed by atoms with Gasteiger partial charge in [0, 0.05) is 6.42 Å². The lowest BCUT2D eigenvalue weighted by molar-refractivity contribution is -0.152. The number of carboxylic acid groups (broad SMARTS) is 3. The van der Waals surface area contributed by atoms with Gasteiger partial charge in [-0.2, -0.15) is 0 Å². The van der Waals surface area contributed by atoms with Crippen molar-refractivity contribution in [3.63, 3.8) is 0 Å². The van der Waals surface area contributed by atoms with Crippen LogP contribution in [-0.4, -0.2) is 39.0 Å². The molecule has 168 valence electrons. The van der Waals surface area contributed by atoms with Gasteiger partial charge in [-0.3, -0.25) is 14.4 Å². The molecular formula is C22H38O7. The second-order valence-electron chi connectivity index (χ2n) is 7.03. The molecule has 0 heterocycles. The van der Waals surface area contributed by atoms with Gasteiger partial charge in [-0.15, -0.1) is 0 Å². The highest BCUT2D eigenvalue weighted by Gasteiger charge is 2.14. The molecule has 0 aliphatic carbocycles. The van der Waals surface area contributed by atoms with Crippen molar-refractivity contribution in [2.75, 3.05) is 0 Å². The van der Waals surface area contributed by atoms with E-state index in [0.717, 1.165) is 12.8 Å². The number of Topliss-reactive ketones (excluding diaryl/α,β-unsaturated/α-hetero) is 1. The summed E-state index contributed by atoms with van der Waals surface area (Å²) in [7, 11) is 0. The second-order valence-corrected chi connectivity index (χ2v) is 7.03. The quantitative estimate of drug-likeness (QED) is 0.121. The highest BCUT2D eigenvalue weighted by atomic mass is 16.4. The molecule has 3 N–H and O–H groups in total. The zero-order valence-electron chi connectivity index (χ0n) is 17.7. The molecule has 0 rings (SSSR count). The van der Waals surface area contributed by atoms with Crippen molar-refractivity contribution < 1.29 is 34.5 Å². The highest BCUT2D eigenvalue weighted by Crippen LogP contribution is 2.09. The van der Waals surface area contributed by atoms with Crippen LogP contribution in [0.15, 0.2) is 12.2 Å². The standard InChI is InChI=1S/C18H34O2.C4H4O5/c1-2-3-4-5-6-7-8-9-10-11-12-13-14-15-16-17-18(19)20;5-2(4(8)9)1-3(6)7/h9-10H,2-8,11-17H2,1H3,(H,19,20);1H2,(H,6,7)(H,8,9). The number of ketones is 1. The average Bonchev–Trinajstić information content (AvgIpc) is 2.64. The van der Waals surface area contributed by atoms with Crippen molar-refractivity contribution in [1.29, 1.82) is 0 Å². The zero-order valence-corrected chi connectivity index (χ0v) is 17.7. The number of carboxylic acids is 3. The summed E-state index contributed by atoms with van der Waals surface area (Å²) in [5.41, 5.74) is 0. The minimum Gasteiger partial charge on any atom is -0.481 e. The molecule has 7 nitrogen and oxygen atoms in total. The summed E-state index contributed by atoms with van der Waals surface area (Å²) < 4.78 is 0. The van der Waals surface area contributed by atoms with Crippen LogP contribution >= 0.6 is 0 Å². The molecule has 0 saturated carbocycles. The minimum absolute atomic E-state index is 0.332. The van der Waals surface area contributed by atoms with Crippen LogP contribution in [0.3, 0.4) is 0 Å². The van der Waals surface area contributed by atoms with Gasteiger partial charge in [0.05, 0.1) is 0 Å². The van der Waals surface area contributed by atoms with Crippen LogP contribution in [-0.2, 0) is 19.2 Å². The molecule has 0 fully saturated rings. The predicted molar refractivity (Wildman–Crippen MR) is 112 cm³/mol. The van der Waals surface area contributed by atoms with E-state index >= 15 is 0 Å². The Balaban J connectivity index is 0. The number of hydrogen-bond donors (Lipinski definition) is 3. The summed E-state index contributed by atoms with van der Waals surface area (Å²) >= 11 is 0. The average molecular weight is 415 g/mol. The molecule has 0 bridgehead atoms. The van der Waals surface area contributed by atoms with E-state index < -0.39 is 30.1 Å². The molecule has 0 amide bonds. The summed E-state index contributed by atoms with van der Waals surface area (Å²) in [6.45, 7) is 2.26. The summed E-state index contributed by atoms with van der Waals surface area (Å²) in [6, 6.07) is 0. The van der Waals surface area contributed by atoms with E-state index in [1.165, 1.54) is 70.6 Å². The number of carbonyl (C=O) groups is 4. The van der Waals surface area contributed by atoms with Crippen molar-refractivity contribution in [2.24, 2.45) is 0 Å². The lowest BCUT2D eigenvalue weighted by Gasteiger charge is -1.99. The van der Waals surface area contributed by atoms with E-state index in [-0.39, 0.29) is 0 Å². The van der Waals surface area contributed by atoms with Crippen LogP contribution in [0.2, 0.25) is 0 Å². The van der Waals surface area contributed by atoms with E-state index in [1.807, 2.05) is 0 Å². The van der Waals surface area contributed by atoms with Crippen molar-refractivity contribution in [1.82, 2.24) is 0 Å². The lowest BCUT2D eigenvalue weighted by Crippen LogP contribution is -2.16. The first-order valence-corrected chi connectivity index (χ1v) is 10.7. The lowest BCUT2D eigenvalue weighted by atomic mass is 10.1. The maximum absolute atomic E-state index is 10.3. The van der Waals surface area contributed by atoms with Gasteiger partial charge in [0.2, 0.25) is 0 Å². The third-order valence-electron chi connectivity index (χ3n) is 4.20. The maximum Gasteiger partial charge on any atom is 0.372 e. The van der Waals surface area contributed by atoms with E-state index in [2.05, 4.69) is 19.1 Å². The predicted octanol–water partition coefficient (Wildman–Crippen LogP) is 5.22. The Morgan fingerprint density at radius 3 is 1.45 bits per heavy atom. The highest BCUT2D eigenvalue weighted by molar-refractivity contribution is 6.35. The maximum atomic E-state index is 10.3. The smallest absolute Gasteiger partial charge is 0.372 e. The van der Waals surface area contributed by atoms with Crippen LogP contribution in [0.4, 0.5) is 0 Å². The Morgan fingerprint density at radius 2 is 1.07 bits per heavy atom. The van der Waals surface area contributed by atoms with E-state index in [9.17, 15) is 19.2 Å². The number of hydrogen-bond acceptors (Lipinski definition) is 4. The summed E-state index contributed by atoms with van der Waals surface area (Å²) in [5, 5.41) is 24.2. The van der Waals surface area contributed by atoms with E-state index in [0.29, 0.717) is 6.42 Å². The Labute approximate surface area is 174 Å². The Morgan fingerprint density at radius 1 is 0.621 bits per heavy atom. The first kappa shape index (κ1) is 29.0. The van der Waals surface area contributed by atoms with Crippen molar-refractivity contribution in [3.05, 3.63) is 12.2 Å². The third kappa shape index (κ3) is 28.1. The molecule has 0 spiro atoms. The molecule has 0 unspecified atom stereocenters. The topological polar surface area (TPSA) is 129 Å². The molecule has 0 aromatic carbocycles. The molecule has 0 aliphatic rings. The van der Waals surface area contributed by atoms with Gasteiger partial charge in [-0.1, -0.05) is 70.4 Å². The van der Waals surface area contributed by atoms with Crippen molar-refractivity contribution in [3.8, 4) is 0 Å². The van der Waals surface area contributed by atoms with E-state index in [1.54, 1.807) is 0 Å². The molecule has 0 aliphatic heterocycles. The number of aliphatic carboxylic acids is 3. The molecule has 0 aromatic rings. The van der Waals surface area contributed by atoms with Gasteiger partial charge < -0.3 is 15.3 Å². The van der Waals surface area contributed by atoms with Crippen LogP contribution in [0.5, 0.6) is 0 Å². The normalized spacial score (nSPS) is 10.4. The van der Waals surface area contributed by atoms with E-state index in [4.69, 9.17) is 15.3 Å². The molecular weight excluding hydrogens is 376 g/mol. The Kier molecular flexibility index (Phi) is 22.1. The number of unbranched alkanes of at least 4 members (excludes halogenated alkanes) is 11. The number of allylic oxidation sites excluding steroid dienone is 2.